The molecular weight excluding hydrogens is 414 g/mol. The van der Waals surface area contributed by atoms with Crippen LogP contribution in [-0.4, -0.2) is 57.7 Å². The molecule has 1 aromatic heterocycles. The summed E-state index contributed by atoms with van der Waals surface area (Å²) in [6.45, 7) is 0.481. The van der Waals surface area contributed by atoms with Gasteiger partial charge < -0.3 is 10.1 Å². The molecule has 2 aliphatic heterocycles. The van der Waals surface area contributed by atoms with Crippen molar-refractivity contribution in [2.75, 3.05) is 18.5 Å². The molecular formula is C19H16ClN5O5. The molecule has 4 amide bonds. The van der Waals surface area contributed by atoms with E-state index in [1.54, 1.807) is 18.2 Å². The Morgan fingerprint density at radius 1 is 1.20 bits per heavy atom. The van der Waals surface area contributed by atoms with Crippen molar-refractivity contribution in [3.05, 3.63) is 46.7 Å². The van der Waals surface area contributed by atoms with Gasteiger partial charge in [0.15, 0.2) is 0 Å². The summed E-state index contributed by atoms with van der Waals surface area (Å²) in [4.78, 5) is 58.2. The van der Waals surface area contributed by atoms with Crippen LogP contribution in [0.3, 0.4) is 0 Å². The zero-order valence-electron chi connectivity index (χ0n) is 15.6. The van der Waals surface area contributed by atoms with E-state index in [0.717, 1.165) is 4.90 Å². The number of halogens is 1. The maximum atomic E-state index is 13.0. The number of hydrogen-bond acceptors (Lipinski definition) is 8. The van der Waals surface area contributed by atoms with Crippen LogP contribution >= 0.6 is 11.6 Å². The van der Waals surface area contributed by atoms with Crippen LogP contribution in [0.2, 0.25) is 5.15 Å². The van der Waals surface area contributed by atoms with Crippen LogP contribution in [0, 0.1) is 0 Å². The van der Waals surface area contributed by atoms with E-state index in [1.165, 1.54) is 12.3 Å². The number of nitrogens with zero attached hydrogens (tertiary/aromatic N) is 3. The first-order valence-electron chi connectivity index (χ1n) is 9.15. The first-order valence-corrected chi connectivity index (χ1v) is 9.53. The molecule has 1 atom stereocenters. The smallest absolute Gasteiger partial charge is 0.266 e. The molecule has 3 heterocycles. The molecule has 0 spiro atoms. The molecule has 1 fully saturated rings. The van der Waals surface area contributed by atoms with Gasteiger partial charge in [-0.25, -0.2) is 9.97 Å². The minimum Gasteiger partial charge on any atom is -0.491 e. The Hall–Kier alpha value is -3.53. The number of hydrogen-bond donors (Lipinski definition) is 2. The Morgan fingerprint density at radius 2 is 2.03 bits per heavy atom. The molecule has 1 unspecified atom stereocenters. The molecule has 2 aromatic rings. The monoisotopic (exact) mass is 429 g/mol. The van der Waals surface area contributed by atoms with Crippen molar-refractivity contribution < 1.29 is 23.9 Å². The number of aromatic nitrogens is 2. The predicted octanol–water partition coefficient (Wildman–Crippen LogP) is 1.02. The number of fused-ring (bicyclic) bond motifs is 1. The fourth-order valence-electron chi connectivity index (χ4n) is 3.35. The molecule has 2 N–H and O–H groups in total. The highest BCUT2D eigenvalue weighted by Gasteiger charge is 2.45. The molecule has 4 rings (SSSR count). The predicted molar refractivity (Wildman–Crippen MR) is 104 cm³/mol. The number of rotatable bonds is 6. The molecule has 154 valence electrons. The van der Waals surface area contributed by atoms with Crippen LogP contribution in [0.1, 0.15) is 33.6 Å². The highest BCUT2D eigenvalue weighted by molar-refractivity contribution is 6.29. The zero-order valence-corrected chi connectivity index (χ0v) is 16.3. The number of nitrogens with one attached hydrogen (secondary N) is 2. The SMILES string of the molecule is O=C1CCC(N2C(=O)c3cccc(OCCNc4nccc(Cl)n4)c3C2=O)C(=O)N1. The standard InChI is InChI=1S/C19H16ClN5O5/c20-13-6-7-21-19(23-13)22-8-9-30-12-3-1-2-10-15(12)18(29)25(17(10)28)11-4-5-14(26)24-16(11)27/h1-3,6-7,11H,4-5,8-9H2,(H,21,22,23)(H,24,26,27). The van der Waals surface area contributed by atoms with E-state index in [9.17, 15) is 19.2 Å². The van der Waals surface area contributed by atoms with Crippen LogP contribution < -0.4 is 15.4 Å². The number of amides is 4. The number of piperidine rings is 1. The number of anilines is 1. The van der Waals surface area contributed by atoms with E-state index in [2.05, 4.69) is 20.6 Å². The van der Waals surface area contributed by atoms with Gasteiger partial charge in [-0.2, -0.15) is 0 Å². The van der Waals surface area contributed by atoms with Gasteiger partial charge >= 0.3 is 0 Å². The van der Waals surface area contributed by atoms with Gasteiger partial charge in [-0.3, -0.25) is 29.4 Å². The van der Waals surface area contributed by atoms with Gasteiger partial charge in [0.05, 0.1) is 17.7 Å². The summed E-state index contributed by atoms with van der Waals surface area (Å²) in [6, 6.07) is 5.21. The average Bonchev–Trinajstić information content (AvgIpc) is 2.97. The van der Waals surface area contributed by atoms with Crippen molar-refractivity contribution in [2.45, 2.75) is 18.9 Å². The fraction of sp³-hybridized carbons (Fsp3) is 0.263. The second-order valence-corrected chi connectivity index (χ2v) is 6.99. The van der Waals surface area contributed by atoms with Crippen molar-refractivity contribution in [2.24, 2.45) is 0 Å². The van der Waals surface area contributed by atoms with Crippen molar-refractivity contribution in [3.63, 3.8) is 0 Å². The molecule has 11 heteroatoms. The molecule has 0 aliphatic carbocycles. The topological polar surface area (TPSA) is 131 Å². The summed E-state index contributed by atoms with van der Waals surface area (Å²) in [5.74, 6) is -1.72. The molecule has 1 aromatic carbocycles. The minimum absolute atomic E-state index is 0.0599. The van der Waals surface area contributed by atoms with Crippen LogP contribution in [0.5, 0.6) is 5.75 Å². The third-order valence-corrected chi connectivity index (χ3v) is 4.90. The van der Waals surface area contributed by atoms with Crippen LogP contribution in [0.15, 0.2) is 30.5 Å². The molecule has 2 aliphatic rings. The second-order valence-electron chi connectivity index (χ2n) is 6.60. The quantitative estimate of drug-likeness (QED) is 0.395. The summed E-state index contributed by atoms with van der Waals surface area (Å²) >= 11 is 5.80. The Labute approximate surface area is 175 Å². The van der Waals surface area contributed by atoms with Crippen molar-refractivity contribution >= 4 is 41.2 Å². The second kappa shape index (κ2) is 8.07. The Morgan fingerprint density at radius 3 is 2.80 bits per heavy atom. The van der Waals surface area contributed by atoms with E-state index < -0.39 is 29.7 Å². The lowest BCUT2D eigenvalue weighted by atomic mass is 10.0. The lowest BCUT2D eigenvalue weighted by Crippen LogP contribution is -2.54. The van der Waals surface area contributed by atoms with Gasteiger partial charge in [-0.05, 0) is 24.6 Å². The van der Waals surface area contributed by atoms with E-state index in [4.69, 9.17) is 16.3 Å². The normalized spacial score (nSPS) is 18.3. The first kappa shape index (κ1) is 19.8. The molecule has 30 heavy (non-hydrogen) atoms. The van der Waals surface area contributed by atoms with E-state index in [-0.39, 0.29) is 36.3 Å². The molecule has 0 saturated carbocycles. The Balaban J connectivity index is 1.46. The first-order chi connectivity index (χ1) is 14.5. The molecule has 0 radical (unpaired) electrons. The highest BCUT2D eigenvalue weighted by atomic mass is 35.5. The summed E-state index contributed by atoms with van der Waals surface area (Å²) in [7, 11) is 0. The van der Waals surface area contributed by atoms with E-state index >= 15 is 0 Å². The third kappa shape index (κ3) is 3.69. The Kier molecular flexibility index (Phi) is 5.32. The Bertz CT molecular complexity index is 1060. The summed E-state index contributed by atoms with van der Waals surface area (Å²) < 4.78 is 5.69. The van der Waals surface area contributed by atoms with Crippen LogP contribution in [-0.2, 0) is 9.59 Å². The van der Waals surface area contributed by atoms with Crippen molar-refractivity contribution in [3.8, 4) is 5.75 Å². The van der Waals surface area contributed by atoms with Crippen molar-refractivity contribution in [1.29, 1.82) is 0 Å². The highest BCUT2D eigenvalue weighted by Crippen LogP contribution is 2.33. The van der Waals surface area contributed by atoms with E-state index in [0.29, 0.717) is 17.6 Å². The third-order valence-electron chi connectivity index (χ3n) is 4.69. The maximum absolute atomic E-state index is 13.0. The average molecular weight is 430 g/mol. The maximum Gasteiger partial charge on any atom is 0.266 e. The van der Waals surface area contributed by atoms with Crippen LogP contribution in [0.4, 0.5) is 5.95 Å². The lowest BCUT2D eigenvalue weighted by Gasteiger charge is -2.27. The number of carbonyl (C=O) groups is 4. The molecule has 1 saturated heterocycles. The lowest BCUT2D eigenvalue weighted by molar-refractivity contribution is -0.136. The number of imide groups is 2. The number of benzene rings is 1. The molecule has 0 bridgehead atoms. The van der Waals surface area contributed by atoms with Gasteiger partial charge in [-0.1, -0.05) is 17.7 Å². The fourth-order valence-corrected chi connectivity index (χ4v) is 3.49. The van der Waals surface area contributed by atoms with Gasteiger partial charge in [0.2, 0.25) is 17.8 Å². The van der Waals surface area contributed by atoms with E-state index in [1.807, 2.05) is 0 Å². The van der Waals surface area contributed by atoms with Gasteiger partial charge in [0.1, 0.15) is 23.6 Å². The number of carbonyl (C=O) groups excluding carboxylic acids is 4. The van der Waals surface area contributed by atoms with Gasteiger partial charge in [-0.15, -0.1) is 0 Å². The van der Waals surface area contributed by atoms with Gasteiger partial charge in [0, 0.05) is 12.6 Å². The minimum atomic E-state index is -1.02. The largest absolute Gasteiger partial charge is 0.491 e. The van der Waals surface area contributed by atoms with Crippen LogP contribution in [0.25, 0.3) is 0 Å². The van der Waals surface area contributed by atoms with Gasteiger partial charge in [0.25, 0.3) is 11.8 Å². The molecule has 10 nitrogen and oxygen atoms in total. The summed E-state index contributed by atoms with van der Waals surface area (Å²) in [5, 5.41) is 5.40. The zero-order chi connectivity index (χ0) is 21.3. The van der Waals surface area contributed by atoms with Crippen molar-refractivity contribution in [1.82, 2.24) is 20.2 Å². The summed E-state index contributed by atoms with van der Waals surface area (Å²) in [5.41, 5.74) is 0.263. The number of ether oxygens (including phenoxy) is 1. The summed E-state index contributed by atoms with van der Waals surface area (Å²) in [6.07, 6.45) is 1.66.